The number of benzene rings is 2. The molecule has 0 atom stereocenters. The Bertz CT molecular complexity index is 832. The minimum Gasteiger partial charge on any atom is -0.342 e. The zero-order chi connectivity index (χ0) is 19.7. The number of amides is 1. The number of hydrogen-bond donors (Lipinski definition) is 0. The Balaban J connectivity index is 1.48. The molecule has 1 saturated heterocycles. The highest BCUT2D eigenvalue weighted by molar-refractivity contribution is 5.79. The van der Waals surface area contributed by atoms with Gasteiger partial charge in [0, 0.05) is 37.6 Å². The van der Waals surface area contributed by atoms with Crippen LogP contribution in [0.15, 0.2) is 48.5 Å². The van der Waals surface area contributed by atoms with Crippen LogP contribution in [0.5, 0.6) is 0 Å². The lowest BCUT2D eigenvalue weighted by Crippen LogP contribution is -2.54. The number of carbonyl (C=O) groups excluding carboxylic acids is 1. The zero-order valence-corrected chi connectivity index (χ0v) is 17.4. The lowest BCUT2D eigenvalue weighted by atomic mass is 9.68. The van der Waals surface area contributed by atoms with Crippen LogP contribution >= 0.6 is 0 Å². The molecule has 0 bridgehead atoms. The fourth-order valence-corrected chi connectivity index (χ4v) is 4.89. The van der Waals surface area contributed by atoms with Crippen LogP contribution < -0.4 is 0 Å². The van der Waals surface area contributed by atoms with Crippen LogP contribution in [0, 0.1) is 6.92 Å². The molecule has 148 valence electrons. The van der Waals surface area contributed by atoms with E-state index in [1.807, 2.05) is 0 Å². The van der Waals surface area contributed by atoms with E-state index in [9.17, 15) is 4.79 Å². The number of hydrogen-bond acceptors (Lipinski definition) is 2. The molecule has 2 aliphatic heterocycles. The van der Waals surface area contributed by atoms with Crippen molar-refractivity contribution in [3.05, 3.63) is 70.8 Å². The van der Waals surface area contributed by atoms with Crippen LogP contribution in [-0.2, 0) is 23.2 Å². The molecule has 28 heavy (non-hydrogen) atoms. The van der Waals surface area contributed by atoms with Gasteiger partial charge in [-0.15, -0.1) is 0 Å². The highest BCUT2D eigenvalue weighted by Gasteiger charge is 2.42. The van der Waals surface area contributed by atoms with Crippen molar-refractivity contribution in [1.82, 2.24) is 9.80 Å². The topological polar surface area (TPSA) is 23.6 Å². The van der Waals surface area contributed by atoms with Crippen molar-refractivity contribution >= 4 is 5.91 Å². The summed E-state index contributed by atoms with van der Waals surface area (Å²) in [4.78, 5) is 17.5. The lowest BCUT2D eigenvalue weighted by molar-refractivity contribution is -0.132. The van der Waals surface area contributed by atoms with E-state index in [0.29, 0.717) is 12.5 Å². The van der Waals surface area contributed by atoms with Gasteiger partial charge in [0.15, 0.2) is 0 Å². The van der Waals surface area contributed by atoms with Gasteiger partial charge in [0.1, 0.15) is 0 Å². The van der Waals surface area contributed by atoms with E-state index in [4.69, 9.17) is 0 Å². The first-order valence-electron chi connectivity index (χ1n) is 10.6. The first-order valence-corrected chi connectivity index (χ1v) is 10.6. The Labute approximate surface area is 169 Å². The fourth-order valence-electron chi connectivity index (χ4n) is 4.89. The summed E-state index contributed by atoms with van der Waals surface area (Å²) in [6.07, 6.45) is 2.64. The van der Waals surface area contributed by atoms with Crippen LogP contribution in [0.1, 0.15) is 48.9 Å². The Kier molecular flexibility index (Phi) is 5.29. The number of piperidine rings is 1. The van der Waals surface area contributed by atoms with Gasteiger partial charge >= 0.3 is 0 Å². The van der Waals surface area contributed by atoms with Crippen molar-refractivity contribution in [2.24, 2.45) is 0 Å². The summed E-state index contributed by atoms with van der Waals surface area (Å²) in [5.41, 5.74) is 5.55. The minimum atomic E-state index is 0.194. The summed E-state index contributed by atoms with van der Waals surface area (Å²) < 4.78 is 0. The van der Waals surface area contributed by atoms with E-state index < -0.39 is 0 Å². The van der Waals surface area contributed by atoms with E-state index in [1.165, 1.54) is 16.7 Å². The van der Waals surface area contributed by atoms with Crippen LogP contribution in [0.4, 0.5) is 0 Å². The molecule has 0 aromatic heterocycles. The second kappa shape index (κ2) is 7.71. The number of nitrogens with zero attached hydrogens (tertiary/aromatic N) is 2. The predicted octanol–water partition coefficient (Wildman–Crippen LogP) is 4.32. The van der Waals surface area contributed by atoms with E-state index in [2.05, 4.69) is 79.1 Å². The minimum absolute atomic E-state index is 0.194. The van der Waals surface area contributed by atoms with Crippen LogP contribution in [-0.4, -0.2) is 41.4 Å². The van der Waals surface area contributed by atoms with Gasteiger partial charge in [0.05, 0.1) is 6.42 Å². The molecule has 3 heteroatoms. The number of carbonyl (C=O) groups is 1. The van der Waals surface area contributed by atoms with Crippen molar-refractivity contribution in [3.63, 3.8) is 0 Å². The third kappa shape index (κ3) is 3.73. The van der Waals surface area contributed by atoms with Crippen LogP contribution in [0.3, 0.4) is 0 Å². The smallest absolute Gasteiger partial charge is 0.226 e. The highest BCUT2D eigenvalue weighted by Crippen LogP contribution is 2.42. The molecule has 2 heterocycles. The summed E-state index contributed by atoms with van der Waals surface area (Å²) in [5.74, 6) is 0.267. The van der Waals surface area contributed by atoms with Gasteiger partial charge in [-0.1, -0.05) is 54.1 Å². The summed E-state index contributed by atoms with van der Waals surface area (Å²) >= 11 is 0. The van der Waals surface area contributed by atoms with E-state index in [-0.39, 0.29) is 11.3 Å². The van der Waals surface area contributed by atoms with Gasteiger partial charge in [0.2, 0.25) is 5.91 Å². The number of fused-ring (bicyclic) bond motifs is 2. The van der Waals surface area contributed by atoms with Gasteiger partial charge < -0.3 is 4.90 Å². The molecule has 2 aromatic rings. The van der Waals surface area contributed by atoms with Gasteiger partial charge in [-0.05, 0) is 50.3 Å². The largest absolute Gasteiger partial charge is 0.342 e. The average Bonchev–Trinajstić information content (AvgIpc) is 2.70. The van der Waals surface area contributed by atoms with Crippen molar-refractivity contribution in [2.45, 2.75) is 58.0 Å². The maximum atomic E-state index is 12.9. The molecular formula is C25H32N2O. The summed E-state index contributed by atoms with van der Waals surface area (Å²) in [6, 6.07) is 17.9. The maximum absolute atomic E-state index is 12.9. The van der Waals surface area contributed by atoms with Gasteiger partial charge in [-0.2, -0.15) is 0 Å². The molecule has 1 amide bonds. The monoisotopic (exact) mass is 376 g/mol. The van der Waals surface area contributed by atoms with Crippen molar-refractivity contribution in [1.29, 1.82) is 0 Å². The Morgan fingerprint density at radius 2 is 1.71 bits per heavy atom. The maximum Gasteiger partial charge on any atom is 0.226 e. The number of aryl methyl sites for hydroxylation is 1. The molecule has 0 radical (unpaired) electrons. The molecule has 3 nitrogen and oxygen atoms in total. The fraction of sp³-hybridized carbons (Fsp3) is 0.480. The number of rotatable bonds is 3. The molecule has 0 saturated carbocycles. The second-order valence-corrected chi connectivity index (χ2v) is 8.98. The zero-order valence-electron chi connectivity index (χ0n) is 17.4. The normalized spacial score (nSPS) is 19.1. The molecule has 1 spiro atoms. The predicted molar refractivity (Wildman–Crippen MR) is 114 cm³/mol. The van der Waals surface area contributed by atoms with Crippen molar-refractivity contribution in [3.8, 4) is 0 Å². The SMILES string of the molecule is Cc1ccc(CC(=O)N2CCC3(CC2)CN(C(C)C)Cc2ccccc23)cc1. The summed E-state index contributed by atoms with van der Waals surface area (Å²) in [5, 5.41) is 0. The van der Waals surface area contributed by atoms with Crippen molar-refractivity contribution in [2.75, 3.05) is 19.6 Å². The highest BCUT2D eigenvalue weighted by atomic mass is 16.2. The molecule has 4 rings (SSSR count). The molecule has 0 aliphatic carbocycles. The average molecular weight is 377 g/mol. The summed E-state index contributed by atoms with van der Waals surface area (Å²) in [6.45, 7) is 10.6. The van der Waals surface area contributed by atoms with Crippen molar-refractivity contribution < 1.29 is 4.79 Å². The second-order valence-electron chi connectivity index (χ2n) is 8.98. The van der Waals surface area contributed by atoms with Gasteiger partial charge in [0.25, 0.3) is 0 Å². The molecule has 0 N–H and O–H groups in total. The quantitative estimate of drug-likeness (QED) is 0.796. The molecule has 2 aliphatic rings. The number of likely N-dealkylation sites (tertiary alicyclic amines) is 1. The third-order valence-corrected chi connectivity index (χ3v) is 6.75. The Hall–Kier alpha value is -2.13. The molecule has 1 fully saturated rings. The Morgan fingerprint density at radius 3 is 2.39 bits per heavy atom. The van der Waals surface area contributed by atoms with Crippen LogP contribution in [0.25, 0.3) is 0 Å². The lowest BCUT2D eigenvalue weighted by Gasteiger charge is -2.49. The van der Waals surface area contributed by atoms with Crippen LogP contribution in [0.2, 0.25) is 0 Å². The first kappa shape index (κ1) is 19.2. The summed E-state index contributed by atoms with van der Waals surface area (Å²) in [7, 11) is 0. The van der Waals surface area contributed by atoms with Gasteiger partial charge in [-0.3, -0.25) is 9.69 Å². The van der Waals surface area contributed by atoms with E-state index >= 15 is 0 Å². The molecule has 2 aromatic carbocycles. The first-order chi connectivity index (χ1) is 13.5. The Morgan fingerprint density at radius 1 is 1.04 bits per heavy atom. The molecular weight excluding hydrogens is 344 g/mol. The van der Waals surface area contributed by atoms with E-state index in [1.54, 1.807) is 0 Å². The van der Waals surface area contributed by atoms with E-state index in [0.717, 1.165) is 44.6 Å². The molecule has 0 unspecified atom stereocenters. The third-order valence-electron chi connectivity index (χ3n) is 6.75. The van der Waals surface area contributed by atoms with Gasteiger partial charge in [-0.25, -0.2) is 0 Å². The standard InChI is InChI=1S/C25H32N2O/c1-19(2)27-17-22-6-4-5-7-23(22)25(18-27)12-14-26(15-13-25)24(28)16-21-10-8-20(3)9-11-21/h4-11,19H,12-18H2,1-3H3.